The van der Waals surface area contributed by atoms with Crippen LogP contribution in [0.15, 0.2) is 0 Å². The van der Waals surface area contributed by atoms with Gasteiger partial charge in [-0.1, -0.05) is 0 Å². The van der Waals surface area contributed by atoms with E-state index in [1.54, 1.807) is 7.11 Å². The predicted molar refractivity (Wildman–Crippen MR) is 63.6 cm³/mol. The van der Waals surface area contributed by atoms with Crippen molar-refractivity contribution in [3.8, 4) is 0 Å². The lowest BCUT2D eigenvalue weighted by atomic mass is 10.3. The summed E-state index contributed by atoms with van der Waals surface area (Å²) in [5.41, 5.74) is 0. The maximum Gasteiger partial charge on any atom is 0.306 e. The summed E-state index contributed by atoms with van der Waals surface area (Å²) >= 11 is 0. The van der Waals surface area contributed by atoms with Crippen LogP contribution >= 0.6 is 0 Å². The number of carbonyl (C=O) groups excluding carboxylic acids is 2. The zero-order valence-electron chi connectivity index (χ0n) is 10.8. The van der Waals surface area contributed by atoms with Crippen molar-refractivity contribution in [2.45, 2.75) is 13.3 Å². The summed E-state index contributed by atoms with van der Waals surface area (Å²) in [6.45, 7) is 4.68. The Kier molecular flexibility index (Phi) is 9.37. The Balaban J connectivity index is 3.86. The van der Waals surface area contributed by atoms with Crippen LogP contribution in [0.2, 0.25) is 0 Å². The monoisotopic (exact) mass is 246 g/mol. The first kappa shape index (κ1) is 15.9. The van der Waals surface area contributed by atoms with E-state index in [-0.39, 0.29) is 11.9 Å². The number of hydrogen-bond donors (Lipinski definition) is 1. The average Bonchev–Trinajstić information content (AvgIpc) is 2.31. The van der Waals surface area contributed by atoms with Crippen molar-refractivity contribution in [2.24, 2.45) is 0 Å². The maximum atomic E-state index is 11.0. The summed E-state index contributed by atoms with van der Waals surface area (Å²) in [6, 6.07) is 0. The van der Waals surface area contributed by atoms with Crippen LogP contribution in [0.3, 0.4) is 0 Å². The van der Waals surface area contributed by atoms with Gasteiger partial charge in [0.1, 0.15) is 0 Å². The van der Waals surface area contributed by atoms with Crippen LogP contribution in [0.1, 0.15) is 13.3 Å². The molecule has 0 heterocycles. The number of rotatable bonds is 9. The molecule has 0 bridgehead atoms. The molecule has 1 N–H and O–H groups in total. The fourth-order valence-corrected chi connectivity index (χ4v) is 1.30. The molecular weight excluding hydrogens is 224 g/mol. The summed E-state index contributed by atoms with van der Waals surface area (Å²) < 4.78 is 9.57. The molecule has 0 rings (SSSR count). The highest BCUT2D eigenvalue weighted by Gasteiger charge is 2.08. The van der Waals surface area contributed by atoms with Crippen molar-refractivity contribution in [1.29, 1.82) is 0 Å². The first-order chi connectivity index (χ1) is 8.10. The second-order valence-corrected chi connectivity index (χ2v) is 3.64. The van der Waals surface area contributed by atoms with E-state index in [4.69, 9.17) is 4.74 Å². The molecule has 0 aliphatic heterocycles. The SMILES string of the molecule is COCCN(CCNC(C)=O)CCC(=O)OC. The number of nitrogens with zero attached hydrogens (tertiary/aromatic N) is 1. The summed E-state index contributed by atoms with van der Waals surface area (Å²) in [7, 11) is 3.01. The Morgan fingerprint density at radius 1 is 1.18 bits per heavy atom. The van der Waals surface area contributed by atoms with Gasteiger partial charge >= 0.3 is 5.97 Å². The molecule has 0 aromatic rings. The number of amides is 1. The Labute approximate surface area is 102 Å². The smallest absolute Gasteiger partial charge is 0.306 e. The van der Waals surface area contributed by atoms with E-state index in [1.165, 1.54) is 14.0 Å². The Bertz CT molecular complexity index is 234. The molecule has 17 heavy (non-hydrogen) atoms. The third-order valence-corrected chi connectivity index (χ3v) is 2.27. The molecule has 0 fully saturated rings. The topological polar surface area (TPSA) is 67.9 Å². The molecule has 0 aromatic heterocycles. The van der Waals surface area contributed by atoms with Gasteiger partial charge in [0.2, 0.25) is 5.91 Å². The molecule has 6 heteroatoms. The van der Waals surface area contributed by atoms with E-state index >= 15 is 0 Å². The lowest BCUT2D eigenvalue weighted by Gasteiger charge is -2.21. The van der Waals surface area contributed by atoms with Gasteiger partial charge in [0.15, 0.2) is 0 Å². The summed E-state index contributed by atoms with van der Waals surface area (Å²) in [5, 5.41) is 2.72. The number of nitrogens with one attached hydrogen (secondary N) is 1. The first-order valence-electron chi connectivity index (χ1n) is 5.62. The minimum absolute atomic E-state index is 0.0512. The van der Waals surface area contributed by atoms with Crippen LogP contribution in [-0.4, -0.2) is 63.8 Å². The van der Waals surface area contributed by atoms with Gasteiger partial charge in [-0.3, -0.25) is 14.5 Å². The zero-order chi connectivity index (χ0) is 13.1. The van der Waals surface area contributed by atoms with Crippen LogP contribution in [0.5, 0.6) is 0 Å². The van der Waals surface area contributed by atoms with Crippen molar-refractivity contribution in [3.05, 3.63) is 0 Å². The molecular formula is C11H22N2O4. The highest BCUT2D eigenvalue weighted by Crippen LogP contribution is 1.93. The Hall–Kier alpha value is -1.14. The summed E-state index contributed by atoms with van der Waals surface area (Å²) in [5.74, 6) is -0.281. The van der Waals surface area contributed by atoms with Gasteiger partial charge in [0.25, 0.3) is 0 Å². The van der Waals surface area contributed by atoms with E-state index in [0.29, 0.717) is 32.7 Å². The molecule has 0 atom stereocenters. The van der Waals surface area contributed by atoms with Gasteiger partial charge in [-0.25, -0.2) is 0 Å². The molecule has 6 nitrogen and oxygen atoms in total. The van der Waals surface area contributed by atoms with Crippen LogP contribution in [-0.2, 0) is 19.1 Å². The number of esters is 1. The zero-order valence-corrected chi connectivity index (χ0v) is 10.8. The normalized spacial score (nSPS) is 10.4. The van der Waals surface area contributed by atoms with Crippen molar-refractivity contribution in [1.82, 2.24) is 10.2 Å². The summed E-state index contributed by atoms with van der Waals surface area (Å²) in [6.07, 6.45) is 0.348. The van der Waals surface area contributed by atoms with Crippen molar-refractivity contribution in [3.63, 3.8) is 0 Å². The molecule has 0 radical (unpaired) electrons. The molecule has 0 saturated carbocycles. The number of methoxy groups -OCH3 is 2. The number of ether oxygens (including phenoxy) is 2. The molecule has 0 saturated heterocycles. The van der Waals surface area contributed by atoms with Gasteiger partial charge in [-0.05, 0) is 0 Å². The molecule has 0 aliphatic carbocycles. The average molecular weight is 246 g/mol. The van der Waals surface area contributed by atoms with E-state index in [2.05, 4.69) is 15.0 Å². The third-order valence-electron chi connectivity index (χ3n) is 2.27. The van der Waals surface area contributed by atoms with Gasteiger partial charge < -0.3 is 14.8 Å². The highest BCUT2D eigenvalue weighted by molar-refractivity contribution is 5.72. The van der Waals surface area contributed by atoms with E-state index in [1.807, 2.05) is 0 Å². The third kappa shape index (κ3) is 9.77. The molecule has 0 spiro atoms. The van der Waals surface area contributed by atoms with Crippen molar-refractivity contribution >= 4 is 11.9 Å². The Morgan fingerprint density at radius 3 is 2.41 bits per heavy atom. The van der Waals surface area contributed by atoms with E-state index < -0.39 is 0 Å². The van der Waals surface area contributed by atoms with Gasteiger partial charge in [0.05, 0.1) is 20.1 Å². The molecule has 0 aliphatic rings. The van der Waals surface area contributed by atoms with Crippen LogP contribution in [0, 0.1) is 0 Å². The highest BCUT2D eigenvalue weighted by atomic mass is 16.5. The largest absolute Gasteiger partial charge is 0.469 e. The van der Waals surface area contributed by atoms with E-state index in [0.717, 1.165) is 6.54 Å². The van der Waals surface area contributed by atoms with Crippen molar-refractivity contribution in [2.75, 3.05) is 47.0 Å². The lowest BCUT2D eigenvalue weighted by molar-refractivity contribution is -0.141. The Morgan fingerprint density at radius 2 is 1.88 bits per heavy atom. The fourth-order valence-electron chi connectivity index (χ4n) is 1.30. The minimum Gasteiger partial charge on any atom is -0.469 e. The van der Waals surface area contributed by atoms with Crippen LogP contribution in [0.4, 0.5) is 0 Å². The van der Waals surface area contributed by atoms with E-state index in [9.17, 15) is 9.59 Å². The molecule has 0 aromatic carbocycles. The standard InChI is InChI=1S/C11H22N2O4/c1-10(14)12-5-7-13(8-9-16-2)6-4-11(15)17-3/h4-9H2,1-3H3,(H,12,14). The molecule has 100 valence electrons. The summed E-state index contributed by atoms with van der Waals surface area (Å²) in [4.78, 5) is 23.8. The minimum atomic E-state index is -0.230. The fraction of sp³-hybridized carbons (Fsp3) is 0.818. The van der Waals surface area contributed by atoms with Gasteiger partial charge in [-0.15, -0.1) is 0 Å². The second kappa shape index (κ2) is 10.0. The quantitative estimate of drug-likeness (QED) is 0.562. The lowest BCUT2D eigenvalue weighted by Crippen LogP contribution is -2.37. The maximum absolute atomic E-state index is 11.0. The number of carbonyl (C=O) groups is 2. The predicted octanol–water partition coefficient (Wildman–Crippen LogP) is -0.366. The van der Waals surface area contributed by atoms with Gasteiger partial charge in [-0.2, -0.15) is 0 Å². The van der Waals surface area contributed by atoms with Crippen molar-refractivity contribution < 1.29 is 19.1 Å². The second-order valence-electron chi connectivity index (χ2n) is 3.64. The first-order valence-corrected chi connectivity index (χ1v) is 5.62. The number of hydrogen-bond acceptors (Lipinski definition) is 5. The van der Waals surface area contributed by atoms with Crippen LogP contribution in [0.25, 0.3) is 0 Å². The molecule has 1 amide bonds. The molecule has 0 unspecified atom stereocenters. The van der Waals surface area contributed by atoms with Crippen LogP contribution < -0.4 is 5.32 Å². The van der Waals surface area contributed by atoms with Gasteiger partial charge in [0, 0.05) is 40.2 Å².